The maximum Gasteiger partial charge on any atom is 0.247 e. The monoisotopic (exact) mass is 366 g/mol. The number of hydrogen-bond acceptors (Lipinski definition) is 3. The highest BCUT2D eigenvalue weighted by Gasteiger charge is 2.34. The van der Waals surface area contributed by atoms with Crippen molar-refractivity contribution >= 4 is 29.1 Å². The van der Waals surface area contributed by atoms with E-state index in [2.05, 4.69) is 19.2 Å². The third-order valence-corrected chi connectivity index (χ3v) is 4.40. The SMILES string of the molecule is CC(C)COc1ccc(NC(=O)C2CCCN2C(=O)C(C)C)cc1Cl. The van der Waals surface area contributed by atoms with Crippen LogP contribution in [0.15, 0.2) is 18.2 Å². The molecule has 1 aromatic carbocycles. The molecule has 1 saturated heterocycles. The molecule has 0 radical (unpaired) electrons. The van der Waals surface area contributed by atoms with Crippen LogP contribution in [0.4, 0.5) is 5.69 Å². The van der Waals surface area contributed by atoms with Crippen molar-refractivity contribution in [1.29, 1.82) is 0 Å². The summed E-state index contributed by atoms with van der Waals surface area (Å²) in [6.07, 6.45) is 1.53. The summed E-state index contributed by atoms with van der Waals surface area (Å²) in [6.45, 7) is 9.05. The average Bonchev–Trinajstić information content (AvgIpc) is 3.02. The molecule has 6 heteroatoms. The van der Waals surface area contributed by atoms with Crippen LogP contribution in [0.2, 0.25) is 5.02 Å². The number of ether oxygens (including phenoxy) is 1. The van der Waals surface area contributed by atoms with Crippen LogP contribution in [-0.2, 0) is 9.59 Å². The summed E-state index contributed by atoms with van der Waals surface area (Å²) in [6, 6.07) is 4.79. The summed E-state index contributed by atoms with van der Waals surface area (Å²) in [5.74, 6) is 0.750. The number of amides is 2. The molecule has 1 fully saturated rings. The average molecular weight is 367 g/mol. The molecule has 0 saturated carbocycles. The minimum Gasteiger partial charge on any atom is -0.492 e. The Morgan fingerprint density at radius 3 is 2.64 bits per heavy atom. The Morgan fingerprint density at radius 1 is 1.32 bits per heavy atom. The normalized spacial score (nSPS) is 17.2. The zero-order chi connectivity index (χ0) is 18.6. The number of nitrogens with zero attached hydrogens (tertiary/aromatic N) is 1. The maximum absolute atomic E-state index is 12.6. The van der Waals surface area contributed by atoms with Gasteiger partial charge in [-0.25, -0.2) is 0 Å². The molecule has 1 N–H and O–H groups in total. The first-order chi connectivity index (χ1) is 11.8. The van der Waals surface area contributed by atoms with Crippen molar-refractivity contribution in [1.82, 2.24) is 4.90 Å². The molecule has 2 rings (SSSR count). The molecule has 0 spiro atoms. The number of carbonyl (C=O) groups excluding carboxylic acids is 2. The van der Waals surface area contributed by atoms with Gasteiger partial charge >= 0.3 is 0 Å². The van der Waals surface area contributed by atoms with Crippen molar-refractivity contribution in [3.63, 3.8) is 0 Å². The summed E-state index contributed by atoms with van der Waals surface area (Å²) >= 11 is 6.24. The lowest BCUT2D eigenvalue weighted by molar-refractivity contribution is -0.139. The van der Waals surface area contributed by atoms with Crippen LogP contribution in [0.3, 0.4) is 0 Å². The second kappa shape index (κ2) is 8.56. The summed E-state index contributed by atoms with van der Waals surface area (Å²) in [5.41, 5.74) is 0.607. The van der Waals surface area contributed by atoms with Gasteiger partial charge in [-0.1, -0.05) is 39.3 Å². The van der Waals surface area contributed by atoms with Crippen LogP contribution in [0, 0.1) is 11.8 Å². The van der Waals surface area contributed by atoms with Crippen LogP contribution in [0.1, 0.15) is 40.5 Å². The van der Waals surface area contributed by atoms with E-state index in [9.17, 15) is 9.59 Å². The fourth-order valence-corrected chi connectivity index (χ4v) is 3.05. The lowest BCUT2D eigenvalue weighted by Crippen LogP contribution is -2.44. The second-order valence-electron chi connectivity index (χ2n) is 7.18. The van der Waals surface area contributed by atoms with Gasteiger partial charge in [0.1, 0.15) is 11.8 Å². The molecule has 0 bridgehead atoms. The summed E-state index contributed by atoms with van der Waals surface area (Å²) in [4.78, 5) is 26.5. The van der Waals surface area contributed by atoms with Gasteiger partial charge in [0, 0.05) is 18.2 Å². The van der Waals surface area contributed by atoms with E-state index in [1.165, 1.54) is 0 Å². The van der Waals surface area contributed by atoms with Gasteiger partial charge in [-0.2, -0.15) is 0 Å². The van der Waals surface area contributed by atoms with Crippen molar-refractivity contribution in [2.24, 2.45) is 11.8 Å². The lowest BCUT2D eigenvalue weighted by atomic mass is 10.1. The predicted molar refractivity (Wildman–Crippen MR) is 100.0 cm³/mol. The van der Waals surface area contributed by atoms with Crippen LogP contribution >= 0.6 is 11.6 Å². The summed E-state index contributed by atoms with van der Waals surface area (Å²) in [5, 5.41) is 3.33. The Balaban J connectivity index is 2.02. The first kappa shape index (κ1) is 19.6. The number of rotatable bonds is 6. The first-order valence-corrected chi connectivity index (χ1v) is 9.21. The highest BCUT2D eigenvalue weighted by Crippen LogP contribution is 2.29. The van der Waals surface area contributed by atoms with Gasteiger partial charge in [0.15, 0.2) is 0 Å². The quantitative estimate of drug-likeness (QED) is 0.828. The number of carbonyl (C=O) groups is 2. The topological polar surface area (TPSA) is 58.6 Å². The first-order valence-electron chi connectivity index (χ1n) is 8.83. The molecule has 138 valence electrons. The Labute approximate surface area is 154 Å². The van der Waals surface area contributed by atoms with E-state index >= 15 is 0 Å². The van der Waals surface area contributed by atoms with E-state index in [1.54, 1.807) is 23.1 Å². The van der Waals surface area contributed by atoms with E-state index in [0.29, 0.717) is 41.9 Å². The van der Waals surface area contributed by atoms with Gasteiger partial charge in [0.2, 0.25) is 11.8 Å². The Hall–Kier alpha value is -1.75. The van der Waals surface area contributed by atoms with Gasteiger partial charge < -0.3 is 15.0 Å². The van der Waals surface area contributed by atoms with Crippen molar-refractivity contribution < 1.29 is 14.3 Å². The highest BCUT2D eigenvalue weighted by atomic mass is 35.5. The third-order valence-electron chi connectivity index (χ3n) is 4.10. The second-order valence-corrected chi connectivity index (χ2v) is 7.59. The molecular formula is C19H27ClN2O3. The third kappa shape index (κ3) is 5.11. The molecule has 5 nitrogen and oxygen atoms in total. The lowest BCUT2D eigenvalue weighted by Gasteiger charge is -2.25. The van der Waals surface area contributed by atoms with Crippen molar-refractivity contribution in [3.05, 3.63) is 23.2 Å². The Bertz CT molecular complexity index is 631. The van der Waals surface area contributed by atoms with E-state index < -0.39 is 6.04 Å². The number of nitrogens with one attached hydrogen (secondary N) is 1. The fraction of sp³-hybridized carbons (Fsp3) is 0.579. The highest BCUT2D eigenvalue weighted by molar-refractivity contribution is 6.32. The fourth-order valence-electron chi connectivity index (χ4n) is 2.81. The number of likely N-dealkylation sites (tertiary alicyclic amines) is 1. The molecule has 1 heterocycles. The number of halogens is 1. The molecular weight excluding hydrogens is 340 g/mol. The molecule has 0 aliphatic carbocycles. The molecule has 25 heavy (non-hydrogen) atoms. The van der Waals surface area contributed by atoms with Crippen molar-refractivity contribution in [2.75, 3.05) is 18.5 Å². The van der Waals surface area contributed by atoms with Gasteiger partial charge in [0.05, 0.1) is 11.6 Å². The van der Waals surface area contributed by atoms with Gasteiger partial charge in [0.25, 0.3) is 0 Å². The van der Waals surface area contributed by atoms with Gasteiger partial charge in [-0.3, -0.25) is 9.59 Å². The number of hydrogen-bond donors (Lipinski definition) is 1. The Kier molecular flexibility index (Phi) is 6.71. The molecule has 1 aromatic rings. The van der Waals surface area contributed by atoms with Crippen LogP contribution < -0.4 is 10.1 Å². The smallest absolute Gasteiger partial charge is 0.247 e. The van der Waals surface area contributed by atoms with Gasteiger partial charge in [-0.05, 0) is 37.0 Å². The maximum atomic E-state index is 12.6. The van der Waals surface area contributed by atoms with E-state index in [1.807, 2.05) is 13.8 Å². The minimum absolute atomic E-state index is 0.0214. The molecule has 2 amide bonds. The number of benzene rings is 1. The zero-order valence-electron chi connectivity index (χ0n) is 15.3. The summed E-state index contributed by atoms with van der Waals surface area (Å²) < 4.78 is 5.64. The largest absolute Gasteiger partial charge is 0.492 e. The standard InChI is InChI=1S/C19H27ClN2O3/c1-12(2)11-25-17-8-7-14(10-15(17)20)21-18(23)16-6-5-9-22(16)19(24)13(3)4/h7-8,10,12-13,16H,5-6,9,11H2,1-4H3,(H,21,23). The molecule has 1 aliphatic rings. The number of anilines is 1. The van der Waals surface area contributed by atoms with Crippen LogP contribution in [-0.4, -0.2) is 35.9 Å². The van der Waals surface area contributed by atoms with Crippen molar-refractivity contribution in [2.45, 2.75) is 46.6 Å². The van der Waals surface area contributed by atoms with Crippen LogP contribution in [0.25, 0.3) is 0 Å². The zero-order valence-corrected chi connectivity index (χ0v) is 16.1. The van der Waals surface area contributed by atoms with E-state index in [0.717, 1.165) is 6.42 Å². The predicted octanol–water partition coefficient (Wildman–Crippen LogP) is 3.96. The van der Waals surface area contributed by atoms with E-state index in [-0.39, 0.29) is 17.7 Å². The summed E-state index contributed by atoms with van der Waals surface area (Å²) in [7, 11) is 0. The Morgan fingerprint density at radius 2 is 2.04 bits per heavy atom. The molecule has 1 aliphatic heterocycles. The molecule has 1 atom stereocenters. The molecule has 1 unspecified atom stereocenters. The van der Waals surface area contributed by atoms with E-state index in [4.69, 9.17) is 16.3 Å². The molecule has 0 aromatic heterocycles. The van der Waals surface area contributed by atoms with Crippen molar-refractivity contribution in [3.8, 4) is 5.75 Å². The van der Waals surface area contributed by atoms with Gasteiger partial charge in [-0.15, -0.1) is 0 Å². The van der Waals surface area contributed by atoms with Crippen LogP contribution in [0.5, 0.6) is 5.75 Å². The minimum atomic E-state index is -0.412.